The molecule has 0 amide bonds. The van der Waals surface area contributed by atoms with Crippen molar-refractivity contribution < 1.29 is 42.1 Å². The largest absolute Gasteiger partial charge is 3.00 e. The van der Waals surface area contributed by atoms with E-state index in [0.717, 1.165) is 21.8 Å². The van der Waals surface area contributed by atoms with Gasteiger partial charge in [0.15, 0.2) is 0 Å². The van der Waals surface area contributed by atoms with Gasteiger partial charge in [0, 0.05) is 51.4 Å². The number of benzene rings is 4. The molecular formula is C39H24F5IrN6. The molecule has 0 aliphatic heterocycles. The number of nitrogens with zero attached hydrogens (tertiary/aromatic N) is 6. The third-order valence-electron chi connectivity index (χ3n) is 7.95. The molecular weight excluding hydrogens is 840 g/mol. The number of halogens is 5. The van der Waals surface area contributed by atoms with Crippen LogP contribution in [0.3, 0.4) is 0 Å². The van der Waals surface area contributed by atoms with Gasteiger partial charge in [-0.15, -0.1) is 71.8 Å². The molecule has 0 saturated heterocycles. The average Bonchev–Trinajstić information content (AvgIpc) is 3.75. The minimum atomic E-state index is -4.55. The molecule has 0 aliphatic carbocycles. The molecule has 4 aromatic heterocycles. The van der Waals surface area contributed by atoms with Crippen molar-refractivity contribution in [3.8, 4) is 45.3 Å². The number of hydrogen-bond acceptors (Lipinski definition) is 4. The maximum Gasteiger partial charge on any atom is 3.00 e. The van der Waals surface area contributed by atoms with Gasteiger partial charge in [0.1, 0.15) is 23.0 Å². The molecule has 0 N–H and O–H groups in total. The molecule has 4 heterocycles. The second kappa shape index (κ2) is 14.3. The van der Waals surface area contributed by atoms with Crippen molar-refractivity contribution in [2.24, 2.45) is 7.05 Å². The molecule has 0 unspecified atom stereocenters. The van der Waals surface area contributed by atoms with Gasteiger partial charge in [-0.1, -0.05) is 60.3 Å². The van der Waals surface area contributed by atoms with Crippen LogP contribution in [0.2, 0.25) is 0 Å². The number of fused-ring (bicyclic) bond motifs is 2. The number of pyridine rings is 2. The normalized spacial score (nSPS) is 11.3. The third kappa shape index (κ3) is 6.93. The van der Waals surface area contributed by atoms with Gasteiger partial charge in [-0.3, -0.25) is 14.6 Å². The topological polar surface area (TPSA) is 70.6 Å². The maximum atomic E-state index is 15.0. The van der Waals surface area contributed by atoms with Gasteiger partial charge in [-0.25, -0.2) is 8.78 Å². The molecule has 12 heteroatoms. The fourth-order valence-electron chi connectivity index (χ4n) is 5.64. The van der Waals surface area contributed by atoms with E-state index in [0.29, 0.717) is 33.3 Å². The first-order chi connectivity index (χ1) is 24.1. The van der Waals surface area contributed by atoms with Gasteiger partial charge in [-0.05, 0) is 13.0 Å². The van der Waals surface area contributed by atoms with Gasteiger partial charge in [0.05, 0.1) is 5.69 Å². The van der Waals surface area contributed by atoms with E-state index in [9.17, 15) is 17.6 Å². The van der Waals surface area contributed by atoms with Gasteiger partial charge >= 0.3 is 26.3 Å². The molecule has 0 spiro atoms. The van der Waals surface area contributed by atoms with Gasteiger partial charge in [0.2, 0.25) is 0 Å². The van der Waals surface area contributed by atoms with E-state index < -0.39 is 17.7 Å². The summed E-state index contributed by atoms with van der Waals surface area (Å²) in [5.41, 5.74) is 2.73. The Hall–Kier alpha value is -5.58. The Balaban J connectivity index is 0.000000174. The van der Waals surface area contributed by atoms with Crippen LogP contribution in [0.4, 0.5) is 22.0 Å². The summed E-state index contributed by atoms with van der Waals surface area (Å²) >= 11 is 0. The molecule has 8 aromatic rings. The fraction of sp³-hybridized carbons (Fsp3) is 0.0769. The summed E-state index contributed by atoms with van der Waals surface area (Å²) in [7, 11) is 1.21. The van der Waals surface area contributed by atoms with E-state index in [1.54, 1.807) is 66.7 Å². The maximum absolute atomic E-state index is 15.0. The Bertz CT molecular complexity index is 2480. The van der Waals surface area contributed by atoms with E-state index >= 15 is 4.39 Å². The molecule has 0 fully saturated rings. The first-order valence-corrected chi connectivity index (χ1v) is 15.3. The monoisotopic (exact) mass is 864 g/mol. The standard InChI is InChI=1S/C20H12F4N3.C19H12FN3.Ir/c1-27-16(20(22,23)24)11-15(26-27)19-14-10-6-5-9-13(14)17(21)18(25-19)12-7-3-2-4-8-12;1-12-11-16(23-22-12)19-15-10-6-5-9-14(15)17(20)18(21-19)13-7-3-2-4-8-13;/h2-7,9-11H,1H3;2-7,9-11H,1H3;/q-1;-2;+3. The van der Waals surface area contributed by atoms with Crippen LogP contribution >= 0.6 is 0 Å². The third-order valence-corrected chi connectivity index (χ3v) is 7.95. The zero-order valence-electron chi connectivity index (χ0n) is 26.8. The number of hydrogen-bond donors (Lipinski definition) is 0. The molecule has 254 valence electrons. The van der Waals surface area contributed by atoms with Crippen molar-refractivity contribution in [2.45, 2.75) is 13.1 Å². The van der Waals surface area contributed by atoms with Crippen LogP contribution < -0.4 is 5.10 Å². The van der Waals surface area contributed by atoms with Gasteiger partial charge in [-0.2, -0.15) is 18.3 Å². The van der Waals surface area contributed by atoms with Crippen molar-refractivity contribution in [2.75, 3.05) is 0 Å². The second-order valence-corrected chi connectivity index (χ2v) is 11.3. The summed E-state index contributed by atoms with van der Waals surface area (Å²) in [5, 5.41) is 14.0. The molecule has 0 saturated carbocycles. The number of aryl methyl sites for hydroxylation is 2. The van der Waals surface area contributed by atoms with E-state index in [-0.39, 0.29) is 54.1 Å². The predicted molar refractivity (Wildman–Crippen MR) is 180 cm³/mol. The van der Waals surface area contributed by atoms with Crippen LogP contribution in [0, 0.1) is 30.7 Å². The van der Waals surface area contributed by atoms with Gasteiger partial charge < -0.3 is 10.2 Å². The Morgan fingerprint density at radius 2 is 1.14 bits per heavy atom. The Morgan fingerprint density at radius 3 is 1.59 bits per heavy atom. The molecule has 0 aliphatic rings. The number of rotatable bonds is 4. The van der Waals surface area contributed by atoms with Crippen LogP contribution in [0.1, 0.15) is 11.4 Å². The zero-order valence-corrected chi connectivity index (χ0v) is 29.2. The van der Waals surface area contributed by atoms with Crippen molar-refractivity contribution in [1.29, 1.82) is 0 Å². The minimum absolute atomic E-state index is 0. The fourth-order valence-corrected chi connectivity index (χ4v) is 5.64. The van der Waals surface area contributed by atoms with E-state index in [4.69, 9.17) is 0 Å². The van der Waals surface area contributed by atoms with Crippen molar-refractivity contribution in [1.82, 2.24) is 29.9 Å². The Labute approximate surface area is 302 Å². The Kier molecular flexibility index (Phi) is 9.91. The first kappa shape index (κ1) is 35.3. The van der Waals surface area contributed by atoms with Crippen LogP contribution in [0.15, 0.2) is 109 Å². The zero-order chi connectivity index (χ0) is 35.0. The quantitative estimate of drug-likeness (QED) is 0.130. The predicted octanol–water partition coefficient (Wildman–Crippen LogP) is 9.43. The average molecular weight is 864 g/mol. The summed E-state index contributed by atoms with van der Waals surface area (Å²) < 4.78 is 70.2. The summed E-state index contributed by atoms with van der Waals surface area (Å²) in [5.74, 6) is -0.896. The summed E-state index contributed by atoms with van der Waals surface area (Å²) in [6.45, 7) is 1.87. The summed E-state index contributed by atoms with van der Waals surface area (Å²) in [4.78, 5) is 8.87. The molecule has 0 radical (unpaired) electrons. The smallest absolute Gasteiger partial charge is 0.574 e. The number of alkyl halides is 3. The van der Waals surface area contributed by atoms with Crippen LogP contribution in [0.25, 0.3) is 66.8 Å². The minimum Gasteiger partial charge on any atom is -0.574 e. The summed E-state index contributed by atoms with van der Waals surface area (Å²) in [6, 6.07) is 36.4. The molecule has 8 rings (SSSR count). The SMILES string of the molecule is Cc1cc(-c2nc(-c3[c-]cccc3)c(F)c3ccccc23)[n-]n1.Cn1nc(-c2nc(-c3[c-]cccc3)c(F)c3ccccc23)cc1C(F)(F)F.[Ir+3]. The van der Waals surface area contributed by atoms with Crippen molar-refractivity contribution in [3.63, 3.8) is 0 Å². The van der Waals surface area contributed by atoms with E-state index in [2.05, 4.69) is 37.4 Å². The van der Waals surface area contributed by atoms with Crippen molar-refractivity contribution in [3.05, 3.63) is 144 Å². The summed E-state index contributed by atoms with van der Waals surface area (Å²) in [6.07, 6.45) is -4.55. The number of aromatic nitrogens is 6. The van der Waals surface area contributed by atoms with E-state index in [1.807, 2.05) is 43.3 Å². The van der Waals surface area contributed by atoms with Gasteiger partial charge in [0.25, 0.3) is 0 Å². The second-order valence-electron chi connectivity index (χ2n) is 11.3. The molecule has 6 nitrogen and oxygen atoms in total. The first-order valence-electron chi connectivity index (χ1n) is 15.3. The van der Waals surface area contributed by atoms with Crippen LogP contribution in [0.5, 0.6) is 0 Å². The van der Waals surface area contributed by atoms with E-state index in [1.165, 1.54) is 7.05 Å². The van der Waals surface area contributed by atoms with Crippen molar-refractivity contribution >= 4 is 21.5 Å². The molecule has 51 heavy (non-hydrogen) atoms. The molecule has 0 bridgehead atoms. The molecule has 4 aromatic carbocycles. The molecule has 0 atom stereocenters. The van der Waals surface area contributed by atoms with Crippen LogP contribution in [-0.2, 0) is 33.3 Å². The van der Waals surface area contributed by atoms with Crippen LogP contribution in [-0.4, -0.2) is 24.8 Å². The Morgan fingerprint density at radius 1 is 0.647 bits per heavy atom.